The number of carbonyl (C=O) groups is 1. The summed E-state index contributed by atoms with van der Waals surface area (Å²) in [5.74, 6) is -0.0616. The lowest BCUT2D eigenvalue weighted by molar-refractivity contribution is -0.116. The third-order valence-electron chi connectivity index (χ3n) is 4.84. The van der Waals surface area contributed by atoms with E-state index in [-0.39, 0.29) is 11.5 Å². The van der Waals surface area contributed by atoms with Crippen LogP contribution in [0.1, 0.15) is 38.2 Å². The zero-order valence-electron chi connectivity index (χ0n) is 17.1. The van der Waals surface area contributed by atoms with Gasteiger partial charge in [-0.1, -0.05) is 53.5 Å². The minimum atomic E-state index is -0.168. The van der Waals surface area contributed by atoms with Crippen molar-refractivity contribution >= 4 is 27.5 Å². The van der Waals surface area contributed by atoms with Crippen LogP contribution < -0.4 is 10.9 Å². The van der Waals surface area contributed by atoms with Gasteiger partial charge < -0.3 is 5.32 Å². The first-order valence-electron chi connectivity index (χ1n) is 10.3. The molecule has 0 saturated carbocycles. The summed E-state index contributed by atoms with van der Waals surface area (Å²) in [6.45, 7) is 2.57. The van der Waals surface area contributed by atoms with Gasteiger partial charge in [0.05, 0.1) is 5.69 Å². The quantitative estimate of drug-likeness (QED) is 0.455. The molecule has 2 aromatic carbocycles. The molecule has 1 aromatic heterocycles. The summed E-state index contributed by atoms with van der Waals surface area (Å²) in [7, 11) is 0. The second-order valence-corrected chi connectivity index (χ2v) is 8.15. The highest BCUT2D eigenvalue weighted by molar-refractivity contribution is 9.10. The van der Waals surface area contributed by atoms with Crippen LogP contribution in [-0.2, 0) is 17.8 Å². The normalized spacial score (nSPS) is 10.7. The summed E-state index contributed by atoms with van der Waals surface area (Å²) in [5, 5.41) is 7.36. The summed E-state index contributed by atoms with van der Waals surface area (Å²) in [6.07, 6.45) is 4.27. The van der Waals surface area contributed by atoms with Gasteiger partial charge in [0.25, 0.3) is 5.56 Å². The van der Waals surface area contributed by atoms with Gasteiger partial charge in [0, 0.05) is 34.8 Å². The molecule has 0 radical (unpaired) electrons. The van der Waals surface area contributed by atoms with Crippen LogP contribution in [0.5, 0.6) is 0 Å². The molecule has 0 aliphatic rings. The Kier molecular flexibility index (Phi) is 7.97. The molecular weight excluding hydrogens is 442 g/mol. The zero-order chi connectivity index (χ0) is 21.3. The molecule has 0 atom stereocenters. The number of benzene rings is 2. The minimum Gasteiger partial charge on any atom is -0.326 e. The Morgan fingerprint density at radius 2 is 1.73 bits per heavy atom. The SMILES string of the molecule is CCCCc1ccc(NC(=O)CCCn2nc(-c3ccc(Br)cc3)ccc2=O)cc1. The first-order valence-corrected chi connectivity index (χ1v) is 11.1. The average Bonchev–Trinajstić information content (AvgIpc) is 2.75. The molecule has 0 unspecified atom stereocenters. The number of nitrogens with zero attached hydrogens (tertiary/aromatic N) is 2. The first-order chi connectivity index (χ1) is 14.5. The van der Waals surface area contributed by atoms with Crippen molar-refractivity contribution in [2.75, 3.05) is 5.32 Å². The fourth-order valence-corrected chi connectivity index (χ4v) is 3.40. The molecule has 30 heavy (non-hydrogen) atoms. The van der Waals surface area contributed by atoms with E-state index in [1.165, 1.54) is 29.2 Å². The Morgan fingerprint density at radius 1 is 1.00 bits per heavy atom. The lowest BCUT2D eigenvalue weighted by Gasteiger charge is -2.09. The summed E-state index contributed by atoms with van der Waals surface area (Å²) < 4.78 is 2.41. The smallest absolute Gasteiger partial charge is 0.266 e. The number of aromatic nitrogens is 2. The van der Waals surface area contributed by atoms with Crippen molar-refractivity contribution < 1.29 is 4.79 Å². The molecule has 5 nitrogen and oxygen atoms in total. The van der Waals surface area contributed by atoms with Crippen molar-refractivity contribution in [3.05, 3.63) is 81.1 Å². The maximum Gasteiger partial charge on any atom is 0.266 e. The number of rotatable bonds is 9. The van der Waals surface area contributed by atoms with E-state index in [2.05, 4.69) is 45.4 Å². The molecule has 0 aliphatic carbocycles. The maximum atomic E-state index is 12.2. The van der Waals surface area contributed by atoms with E-state index in [9.17, 15) is 9.59 Å². The molecule has 0 aliphatic heterocycles. The third kappa shape index (κ3) is 6.39. The molecule has 1 heterocycles. The first kappa shape index (κ1) is 22.0. The van der Waals surface area contributed by atoms with Crippen LogP contribution in [-0.4, -0.2) is 15.7 Å². The lowest BCUT2D eigenvalue weighted by atomic mass is 10.1. The molecule has 0 bridgehead atoms. The maximum absolute atomic E-state index is 12.2. The summed E-state index contributed by atoms with van der Waals surface area (Å²) in [5.41, 5.74) is 3.58. The molecule has 0 fully saturated rings. The van der Waals surface area contributed by atoms with Crippen molar-refractivity contribution in [3.8, 4) is 11.3 Å². The van der Waals surface area contributed by atoms with Gasteiger partial charge in [-0.3, -0.25) is 9.59 Å². The zero-order valence-corrected chi connectivity index (χ0v) is 18.7. The summed E-state index contributed by atoms with van der Waals surface area (Å²) >= 11 is 3.42. The number of hydrogen-bond acceptors (Lipinski definition) is 3. The number of hydrogen-bond donors (Lipinski definition) is 1. The fourth-order valence-electron chi connectivity index (χ4n) is 3.13. The number of amides is 1. The van der Waals surface area contributed by atoms with Crippen LogP contribution in [0.15, 0.2) is 69.9 Å². The van der Waals surface area contributed by atoms with E-state index in [4.69, 9.17) is 0 Å². The van der Waals surface area contributed by atoms with Gasteiger partial charge in [-0.15, -0.1) is 0 Å². The molecular formula is C24H26BrN3O2. The molecule has 1 amide bonds. The summed E-state index contributed by atoms with van der Waals surface area (Å²) in [6, 6.07) is 19.0. The second-order valence-electron chi connectivity index (χ2n) is 7.24. The van der Waals surface area contributed by atoms with E-state index >= 15 is 0 Å². The van der Waals surface area contributed by atoms with Crippen LogP contribution >= 0.6 is 15.9 Å². The third-order valence-corrected chi connectivity index (χ3v) is 5.37. The number of unbranched alkanes of at least 4 members (excludes halogenated alkanes) is 1. The van der Waals surface area contributed by atoms with Crippen LogP contribution in [0.3, 0.4) is 0 Å². The second kappa shape index (κ2) is 10.9. The average molecular weight is 468 g/mol. The van der Waals surface area contributed by atoms with E-state index in [1.807, 2.05) is 36.4 Å². The van der Waals surface area contributed by atoms with Gasteiger partial charge in [0.1, 0.15) is 0 Å². The Bertz CT molecular complexity index is 1030. The lowest BCUT2D eigenvalue weighted by Crippen LogP contribution is -2.23. The molecule has 156 valence electrons. The molecule has 3 rings (SSSR count). The predicted molar refractivity (Wildman–Crippen MR) is 125 cm³/mol. The van der Waals surface area contributed by atoms with E-state index in [0.29, 0.717) is 19.4 Å². The molecule has 3 aromatic rings. The van der Waals surface area contributed by atoms with Gasteiger partial charge in [0.15, 0.2) is 0 Å². The highest BCUT2D eigenvalue weighted by atomic mass is 79.9. The van der Waals surface area contributed by atoms with Crippen molar-refractivity contribution in [3.63, 3.8) is 0 Å². The minimum absolute atomic E-state index is 0.0616. The fraction of sp³-hybridized carbons (Fsp3) is 0.292. The van der Waals surface area contributed by atoms with Gasteiger partial charge in [0.2, 0.25) is 5.91 Å². The molecule has 6 heteroatoms. The Hall–Kier alpha value is -2.73. The van der Waals surface area contributed by atoms with Crippen molar-refractivity contribution in [2.45, 2.75) is 45.6 Å². The Balaban J connectivity index is 1.53. The number of aryl methyl sites for hydroxylation is 2. The van der Waals surface area contributed by atoms with Crippen LogP contribution in [0, 0.1) is 0 Å². The topological polar surface area (TPSA) is 64.0 Å². The van der Waals surface area contributed by atoms with Crippen LogP contribution in [0.25, 0.3) is 11.3 Å². The van der Waals surface area contributed by atoms with Crippen LogP contribution in [0.2, 0.25) is 0 Å². The Labute approximate surface area is 185 Å². The predicted octanol–water partition coefficient (Wildman–Crippen LogP) is 5.43. The van der Waals surface area contributed by atoms with Crippen LogP contribution in [0.4, 0.5) is 5.69 Å². The summed E-state index contributed by atoms with van der Waals surface area (Å²) in [4.78, 5) is 24.4. The number of anilines is 1. The highest BCUT2D eigenvalue weighted by Crippen LogP contribution is 2.19. The molecule has 0 spiro atoms. The molecule has 1 N–H and O–H groups in total. The van der Waals surface area contributed by atoms with Gasteiger partial charge in [-0.05, 0) is 55.2 Å². The number of carbonyl (C=O) groups excluding carboxylic acids is 1. The largest absolute Gasteiger partial charge is 0.326 e. The van der Waals surface area contributed by atoms with Crippen molar-refractivity contribution in [1.29, 1.82) is 0 Å². The standard InChI is InChI=1S/C24H26BrN3O2/c1-2-3-5-18-7-13-21(14-8-18)26-23(29)6-4-17-28-24(30)16-15-22(27-28)19-9-11-20(25)12-10-19/h7-16H,2-6,17H2,1H3,(H,26,29). The monoisotopic (exact) mass is 467 g/mol. The number of halogens is 1. The highest BCUT2D eigenvalue weighted by Gasteiger charge is 2.06. The number of nitrogens with one attached hydrogen (secondary N) is 1. The van der Waals surface area contributed by atoms with Crippen molar-refractivity contribution in [1.82, 2.24) is 9.78 Å². The van der Waals surface area contributed by atoms with Gasteiger partial charge in [-0.25, -0.2) is 4.68 Å². The van der Waals surface area contributed by atoms with E-state index in [0.717, 1.165) is 27.8 Å². The Morgan fingerprint density at radius 3 is 2.43 bits per heavy atom. The van der Waals surface area contributed by atoms with Gasteiger partial charge in [-0.2, -0.15) is 5.10 Å². The molecule has 0 saturated heterocycles. The van der Waals surface area contributed by atoms with E-state index in [1.54, 1.807) is 6.07 Å². The van der Waals surface area contributed by atoms with Gasteiger partial charge >= 0.3 is 0 Å². The van der Waals surface area contributed by atoms with Crippen molar-refractivity contribution in [2.24, 2.45) is 0 Å². The van der Waals surface area contributed by atoms with E-state index < -0.39 is 0 Å².